The molecule has 0 amide bonds. The molecule has 0 atom stereocenters. The summed E-state index contributed by atoms with van der Waals surface area (Å²) in [5, 5.41) is 0. The second kappa shape index (κ2) is 82.8. The van der Waals surface area contributed by atoms with E-state index in [0.717, 1.165) is 0 Å². The van der Waals surface area contributed by atoms with E-state index in [1.54, 1.807) is 0 Å². The molecule has 36 valence electrons. The van der Waals surface area contributed by atoms with Crippen molar-refractivity contribution < 1.29 is 81.8 Å². The topological polar surface area (TPSA) is 85.5 Å². The van der Waals surface area contributed by atoms with Gasteiger partial charge < -0.3 is 16.4 Å². The SMILES string of the molecule is [Al].[Al].[Ga+3].[Ga+3].[O-2].[O-2].[O-2].[Y].[Y]. The first kappa shape index (κ1) is 106. The molecule has 0 aliphatic heterocycles. The maximum atomic E-state index is 0. The minimum atomic E-state index is 0. The molecule has 8 radical (unpaired) electrons. The van der Waals surface area contributed by atoms with Crippen LogP contribution in [0.1, 0.15) is 0 Å². The first-order valence-corrected chi connectivity index (χ1v) is 0. The summed E-state index contributed by atoms with van der Waals surface area (Å²) in [6.07, 6.45) is 0. The Hall–Kier alpha value is 4.43. The predicted octanol–water partition coefficient (Wildman–Crippen LogP) is -1.88. The molecule has 0 unspecified atom stereocenters. The Morgan fingerprint density at radius 1 is 0.444 bits per heavy atom. The minimum Gasteiger partial charge on any atom is -2.00 e. The van der Waals surface area contributed by atoms with Gasteiger partial charge in [-0.2, -0.15) is 0 Å². The average molecular weight is 419 g/mol. The molecule has 0 aliphatic rings. The zero-order valence-electron chi connectivity index (χ0n) is 4.69. The normalized spacial score (nSPS) is 0. The molecule has 0 aromatic rings. The van der Waals surface area contributed by atoms with Gasteiger partial charge in [-0.15, -0.1) is 0 Å². The molecule has 0 aliphatic carbocycles. The number of hydrogen-bond acceptors (Lipinski definition) is 0. The van der Waals surface area contributed by atoms with E-state index in [2.05, 4.69) is 0 Å². The molecule has 0 saturated carbocycles. The molecule has 0 N–H and O–H groups in total. The summed E-state index contributed by atoms with van der Waals surface area (Å²) in [5.41, 5.74) is 0. The fourth-order valence-corrected chi connectivity index (χ4v) is 0. The largest absolute Gasteiger partial charge is 3.00 e. The Balaban J connectivity index is 0. The summed E-state index contributed by atoms with van der Waals surface area (Å²) in [6, 6.07) is 0. The van der Waals surface area contributed by atoms with Crippen molar-refractivity contribution in [1.29, 1.82) is 0 Å². The van der Waals surface area contributed by atoms with Crippen LogP contribution in [0.5, 0.6) is 0 Å². The van der Waals surface area contributed by atoms with Crippen molar-refractivity contribution in [1.82, 2.24) is 0 Å². The van der Waals surface area contributed by atoms with E-state index in [1.165, 1.54) is 0 Å². The third kappa shape index (κ3) is 69.0. The van der Waals surface area contributed by atoms with Crippen LogP contribution in [-0.2, 0) is 81.8 Å². The molecule has 9 heteroatoms. The van der Waals surface area contributed by atoms with E-state index >= 15 is 0 Å². The van der Waals surface area contributed by atoms with Crippen LogP contribution >= 0.6 is 0 Å². The first-order chi connectivity index (χ1) is 0. The molecule has 9 heavy (non-hydrogen) atoms. The number of hydrogen-bond donors (Lipinski definition) is 0. The van der Waals surface area contributed by atoms with Gasteiger partial charge in [0, 0.05) is 100 Å². The molecule has 0 saturated heterocycles. The van der Waals surface area contributed by atoms with Gasteiger partial charge in [-0.25, -0.2) is 0 Å². The third-order valence-electron chi connectivity index (χ3n) is 0. The van der Waals surface area contributed by atoms with Crippen LogP contribution < -0.4 is 0 Å². The molecule has 0 spiro atoms. The Bertz CT molecular complexity index is 17.8. The second-order valence-corrected chi connectivity index (χ2v) is 0. The van der Waals surface area contributed by atoms with Crippen LogP contribution in [0.15, 0.2) is 0 Å². The molecule has 0 bridgehead atoms. The quantitative estimate of drug-likeness (QED) is 0.412. The summed E-state index contributed by atoms with van der Waals surface area (Å²) < 4.78 is 0. The Morgan fingerprint density at radius 2 is 0.444 bits per heavy atom. The Labute approximate surface area is 153 Å². The average Bonchev–Trinajstić information content (AvgIpc) is 0. The molecule has 3 nitrogen and oxygen atoms in total. The van der Waals surface area contributed by atoms with Gasteiger partial charge in [0.05, 0.1) is 0 Å². The summed E-state index contributed by atoms with van der Waals surface area (Å²) >= 11 is 0. The molecule has 0 aromatic heterocycles. The van der Waals surface area contributed by atoms with Crippen molar-refractivity contribution in [3.05, 3.63) is 0 Å². The third-order valence-corrected chi connectivity index (χ3v) is 0. The van der Waals surface area contributed by atoms with Crippen LogP contribution in [0.4, 0.5) is 0 Å². The van der Waals surface area contributed by atoms with E-state index in [4.69, 9.17) is 0 Å². The van der Waals surface area contributed by atoms with E-state index < -0.39 is 0 Å². The molecule has 0 fully saturated rings. The van der Waals surface area contributed by atoms with Crippen molar-refractivity contribution in [3.63, 3.8) is 0 Å². The van der Waals surface area contributed by atoms with Gasteiger partial charge in [-0.1, -0.05) is 0 Å². The molecular formula is Al2Ga2O3Y2. The van der Waals surface area contributed by atoms with E-state index in [-0.39, 0.29) is 156 Å². The van der Waals surface area contributed by atoms with Crippen LogP contribution in [0.2, 0.25) is 0 Å². The van der Waals surface area contributed by atoms with Gasteiger partial charge in [0.2, 0.25) is 0 Å². The molecule has 0 heterocycles. The van der Waals surface area contributed by atoms with Gasteiger partial charge in [-0.3, -0.25) is 0 Å². The van der Waals surface area contributed by atoms with E-state index in [9.17, 15) is 0 Å². The predicted molar refractivity (Wildman–Crippen MR) is 25.1 cm³/mol. The summed E-state index contributed by atoms with van der Waals surface area (Å²) in [7, 11) is 0. The van der Waals surface area contributed by atoms with Gasteiger partial charge in [-0.05, 0) is 0 Å². The maximum Gasteiger partial charge on any atom is 3.00 e. The number of rotatable bonds is 0. The van der Waals surface area contributed by atoms with Gasteiger partial charge in [0.1, 0.15) is 0 Å². The minimum absolute atomic E-state index is 0. The smallest absolute Gasteiger partial charge is 2.00 e. The summed E-state index contributed by atoms with van der Waals surface area (Å²) in [5.74, 6) is 0. The van der Waals surface area contributed by atoms with Crippen LogP contribution in [0, 0.1) is 0 Å². The first-order valence-electron chi connectivity index (χ1n) is 0. The van der Waals surface area contributed by atoms with E-state index in [0.29, 0.717) is 0 Å². The van der Waals surface area contributed by atoms with E-state index in [1.807, 2.05) is 0 Å². The fraction of sp³-hybridized carbons (Fsp3) is 0. The van der Waals surface area contributed by atoms with Gasteiger partial charge >= 0.3 is 39.6 Å². The summed E-state index contributed by atoms with van der Waals surface area (Å²) in [6.45, 7) is 0. The van der Waals surface area contributed by atoms with Crippen LogP contribution in [-0.4, -0.2) is 74.3 Å². The zero-order valence-corrected chi connectivity index (χ0v) is 17.5. The standard InChI is InChI=1S/2Al.2Ga.3O.2Y/q;;2*+3;3*-2;;. The van der Waals surface area contributed by atoms with Crippen molar-refractivity contribution in [2.24, 2.45) is 0 Å². The van der Waals surface area contributed by atoms with Crippen molar-refractivity contribution in [3.8, 4) is 0 Å². The molecule has 0 rings (SSSR count). The molecular weight excluding hydrogens is 419 g/mol. The Kier molecular flexibility index (Phi) is 974. The Morgan fingerprint density at radius 3 is 0.444 bits per heavy atom. The van der Waals surface area contributed by atoms with Gasteiger partial charge in [0.25, 0.3) is 0 Å². The fourth-order valence-electron chi connectivity index (χ4n) is 0. The molecule has 0 aromatic carbocycles. The van der Waals surface area contributed by atoms with Crippen molar-refractivity contribution in [2.75, 3.05) is 0 Å². The summed E-state index contributed by atoms with van der Waals surface area (Å²) in [4.78, 5) is 0. The van der Waals surface area contributed by atoms with Gasteiger partial charge in [0.15, 0.2) is 0 Å². The maximum absolute atomic E-state index is 0. The van der Waals surface area contributed by atoms with Crippen LogP contribution in [0.3, 0.4) is 0 Å². The second-order valence-electron chi connectivity index (χ2n) is 0. The van der Waals surface area contributed by atoms with Crippen molar-refractivity contribution >= 4 is 74.3 Å². The van der Waals surface area contributed by atoms with Crippen LogP contribution in [0.25, 0.3) is 0 Å². The zero-order chi connectivity index (χ0) is 0. The monoisotopic (exact) mass is 418 g/mol. The van der Waals surface area contributed by atoms with Crippen molar-refractivity contribution in [2.45, 2.75) is 0 Å².